The molecule has 0 atom stereocenters. The first-order valence-electron chi connectivity index (χ1n) is 6.51. The van der Waals surface area contributed by atoms with Gasteiger partial charge in [0.25, 0.3) is 0 Å². The molecule has 0 aromatic rings. The Kier molecular flexibility index (Phi) is 4.36. The van der Waals surface area contributed by atoms with E-state index in [2.05, 4.69) is 10.6 Å². The lowest BCUT2D eigenvalue weighted by molar-refractivity contribution is -0.133. The Morgan fingerprint density at radius 3 is 2.53 bits per heavy atom. The van der Waals surface area contributed by atoms with Crippen molar-refractivity contribution in [3.05, 3.63) is 0 Å². The molecule has 0 radical (unpaired) electrons. The standard InChI is InChI=1S/C12H21N3O2/c16-11(8-10-2-1-3-10)14-9-12(17)15-6-4-13-5-7-15/h10,13H,1-9H2,(H,14,16). The SMILES string of the molecule is O=C(CC1CCC1)NCC(=O)N1CCNCC1. The quantitative estimate of drug-likeness (QED) is 0.709. The molecule has 1 heterocycles. The van der Waals surface area contributed by atoms with Crippen LogP contribution in [0.15, 0.2) is 0 Å². The molecule has 0 spiro atoms. The molecule has 5 heteroatoms. The number of carbonyl (C=O) groups is 2. The average molecular weight is 239 g/mol. The van der Waals surface area contributed by atoms with Crippen molar-refractivity contribution in [1.29, 1.82) is 0 Å². The predicted molar refractivity (Wildman–Crippen MR) is 64.4 cm³/mol. The Morgan fingerprint density at radius 2 is 1.94 bits per heavy atom. The Hall–Kier alpha value is -1.10. The zero-order valence-corrected chi connectivity index (χ0v) is 10.2. The van der Waals surface area contributed by atoms with Crippen LogP contribution >= 0.6 is 0 Å². The van der Waals surface area contributed by atoms with Crippen LogP contribution in [0.5, 0.6) is 0 Å². The molecule has 0 bridgehead atoms. The minimum atomic E-state index is 0.0261. The van der Waals surface area contributed by atoms with E-state index in [9.17, 15) is 9.59 Å². The molecule has 1 saturated carbocycles. The summed E-state index contributed by atoms with van der Waals surface area (Å²) in [5, 5.41) is 5.92. The van der Waals surface area contributed by atoms with Crippen LogP contribution in [0, 0.1) is 5.92 Å². The fourth-order valence-electron chi connectivity index (χ4n) is 2.23. The van der Waals surface area contributed by atoms with E-state index in [0.29, 0.717) is 12.3 Å². The molecule has 17 heavy (non-hydrogen) atoms. The molecular weight excluding hydrogens is 218 g/mol. The summed E-state index contributed by atoms with van der Waals surface area (Å²) >= 11 is 0. The van der Waals surface area contributed by atoms with Gasteiger partial charge in [0.2, 0.25) is 11.8 Å². The first-order valence-corrected chi connectivity index (χ1v) is 6.51. The van der Waals surface area contributed by atoms with E-state index < -0.39 is 0 Å². The van der Waals surface area contributed by atoms with Crippen LogP contribution in [0.1, 0.15) is 25.7 Å². The highest BCUT2D eigenvalue weighted by atomic mass is 16.2. The minimum absolute atomic E-state index is 0.0261. The molecule has 2 amide bonds. The van der Waals surface area contributed by atoms with Gasteiger partial charge in [-0.15, -0.1) is 0 Å². The van der Waals surface area contributed by atoms with Crippen LogP contribution in [-0.4, -0.2) is 49.4 Å². The summed E-state index contributed by atoms with van der Waals surface area (Å²) in [6, 6.07) is 0. The van der Waals surface area contributed by atoms with Gasteiger partial charge in [-0.25, -0.2) is 0 Å². The van der Waals surface area contributed by atoms with Crippen molar-refractivity contribution in [2.24, 2.45) is 5.92 Å². The van der Waals surface area contributed by atoms with Gasteiger partial charge in [-0.2, -0.15) is 0 Å². The molecule has 0 aromatic carbocycles. The lowest BCUT2D eigenvalue weighted by Crippen LogP contribution is -2.49. The van der Waals surface area contributed by atoms with Gasteiger partial charge >= 0.3 is 0 Å². The number of hydrogen-bond donors (Lipinski definition) is 2. The Balaban J connectivity index is 1.62. The van der Waals surface area contributed by atoms with Gasteiger partial charge < -0.3 is 15.5 Å². The third-order valence-electron chi connectivity index (χ3n) is 3.61. The van der Waals surface area contributed by atoms with Gasteiger partial charge in [-0.05, 0) is 18.8 Å². The highest BCUT2D eigenvalue weighted by Gasteiger charge is 2.21. The topological polar surface area (TPSA) is 61.4 Å². The van der Waals surface area contributed by atoms with Gasteiger partial charge in [0.1, 0.15) is 0 Å². The summed E-state index contributed by atoms with van der Waals surface area (Å²) in [5.41, 5.74) is 0. The maximum absolute atomic E-state index is 11.8. The van der Waals surface area contributed by atoms with E-state index in [4.69, 9.17) is 0 Å². The van der Waals surface area contributed by atoms with Crippen LogP contribution in [0.4, 0.5) is 0 Å². The smallest absolute Gasteiger partial charge is 0.242 e. The predicted octanol–water partition coefficient (Wildman–Crippen LogP) is -0.275. The first-order chi connectivity index (χ1) is 8.25. The molecule has 2 rings (SSSR count). The number of carbonyl (C=O) groups excluding carboxylic acids is 2. The first kappa shape index (κ1) is 12.4. The van der Waals surface area contributed by atoms with Crippen molar-refractivity contribution in [3.63, 3.8) is 0 Å². The lowest BCUT2D eigenvalue weighted by atomic mass is 9.83. The summed E-state index contributed by atoms with van der Waals surface area (Å²) in [4.78, 5) is 25.1. The normalized spacial score (nSPS) is 20.8. The van der Waals surface area contributed by atoms with Crippen LogP contribution < -0.4 is 10.6 Å². The van der Waals surface area contributed by atoms with Crippen molar-refractivity contribution in [2.75, 3.05) is 32.7 Å². The average Bonchev–Trinajstić information content (AvgIpc) is 2.32. The second kappa shape index (κ2) is 6.00. The van der Waals surface area contributed by atoms with Gasteiger partial charge in [0, 0.05) is 32.6 Å². The van der Waals surface area contributed by atoms with E-state index in [0.717, 1.165) is 26.2 Å². The fraction of sp³-hybridized carbons (Fsp3) is 0.833. The van der Waals surface area contributed by atoms with Gasteiger partial charge in [0.05, 0.1) is 6.54 Å². The Morgan fingerprint density at radius 1 is 1.24 bits per heavy atom. The van der Waals surface area contributed by atoms with Crippen molar-refractivity contribution < 1.29 is 9.59 Å². The van der Waals surface area contributed by atoms with Crippen molar-refractivity contribution in [3.8, 4) is 0 Å². The van der Waals surface area contributed by atoms with Crippen LogP contribution in [0.25, 0.3) is 0 Å². The molecule has 96 valence electrons. The Labute approximate surface area is 102 Å². The van der Waals surface area contributed by atoms with E-state index in [1.54, 1.807) is 4.90 Å². The zero-order chi connectivity index (χ0) is 12.1. The monoisotopic (exact) mass is 239 g/mol. The van der Waals surface area contributed by atoms with Gasteiger partial charge in [0.15, 0.2) is 0 Å². The van der Waals surface area contributed by atoms with Crippen LogP contribution in [0.3, 0.4) is 0 Å². The third kappa shape index (κ3) is 3.70. The maximum Gasteiger partial charge on any atom is 0.242 e. The number of rotatable bonds is 4. The van der Waals surface area contributed by atoms with Gasteiger partial charge in [-0.3, -0.25) is 9.59 Å². The van der Waals surface area contributed by atoms with E-state index in [1.807, 2.05) is 0 Å². The molecule has 2 fully saturated rings. The van der Waals surface area contributed by atoms with E-state index in [1.165, 1.54) is 19.3 Å². The molecule has 1 aliphatic carbocycles. The molecule has 5 nitrogen and oxygen atoms in total. The highest BCUT2D eigenvalue weighted by molar-refractivity contribution is 5.84. The highest BCUT2D eigenvalue weighted by Crippen LogP contribution is 2.28. The molecule has 0 aromatic heterocycles. The number of hydrogen-bond acceptors (Lipinski definition) is 3. The van der Waals surface area contributed by atoms with Crippen LogP contribution in [0.2, 0.25) is 0 Å². The molecule has 1 saturated heterocycles. The lowest BCUT2D eigenvalue weighted by Gasteiger charge is -2.28. The summed E-state index contributed by atoms with van der Waals surface area (Å²) in [5.74, 6) is 0.621. The molecule has 2 N–H and O–H groups in total. The van der Waals surface area contributed by atoms with E-state index >= 15 is 0 Å². The van der Waals surface area contributed by atoms with Crippen molar-refractivity contribution >= 4 is 11.8 Å². The number of amides is 2. The zero-order valence-electron chi connectivity index (χ0n) is 10.2. The molecule has 1 aliphatic heterocycles. The molecule has 0 unspecified atom stereocenters. The summed E-state index contributed by atoms with van der Waals surface area (Å²) < 4.78 is 0. The van der Waals surface area contributed by atoms with Crippen LogP contribution in [-0.2, 0) is 9.59 Å². The maximum atomic E-state index is 11.8. The number of nitrogens with one attached hydrogen (secondary N) is 2. The number of nitrogens with zero attached hydrogens (tertiary/aromatic N) is 1. The van der Waals surface area contributed by atoms with Gasteiger partial charge in [-0.1, -0.05) is 6.42 Å². The Bertz CT molecular complexity index is 283. The number of piperazine rings is 1. The van der Waals surface area contributed by atoms with E-state index in [-0.39, 0.29) is 18.4 Å². The third-order valence-corrected chi connectivity index (χ3v) is 3.61. The summed E-state index contributed by atoms with van der Waals surface area (Å²) in [6.45, 7) is 3.35. The second-order valence-electron chi connectivity index (χ2n) is 4.91. The summed E-state index contributed by atoms with van der Waals surface area (Å²) in [6.07, 6.45) is 4.17. The molecule has 2 aliphatic rings. The minimum Gasteiger partial charge on any atom is -0.347 e. The fourth-order valence-corrected chi connectivity index (χ4v) is 2.23. The summed E-state index contributed by atoms with van der Waals surface area (Å²) in [7, 11) is 0. The van der Waals surface area contributed by atoms with Crippen molar-refractivity contribution in [1.82, 2.24) is 15.5 Å². The molecular formula is C12H21N3O2. The van der Waals surface area contributed by atoms with Crippen molar-refractivity contribution in [2.45, 2.75) is 25.7 Å². The second-order valence-corrected chi connectivity index (χ2v) is 4.91. The largest absolute Gasteiger partial charge is 0.347 e.